The minimum Gasteiger partial charge on any atom is -0.497 e. The van der Waals surface area contributed by atoms with Gasteiger partial charge in [-0.1, -0.05) is 12.1 Å². The minimum atomic E-state index is 0.0354. The van der Waals surface area contributed by atoms with Crippen molar-refractivity contribution in [2.75, 3.05) is 7.11 Å². The maximum Gasteiger partial charge on any atom is 0.181 e. The van der Waals surface area contributed by atoms with Crippen molar-refractivity contribution in [1.29, 1.82) is 0 Å². The molecule has 0 amide bonds. The number of hydrogen-bond donors (Lipinski definition) is 0. The predicted molar refractivity (Wildman–Crippen MR) is 67.7 cm³/mol. The first-order chi connectivity index (χ1) is 8.79. The molecular weight excluding hydrogens is 228 g/mol. The van der Waals surface area contributed by atoms with E-state index in [1.165, 1.54) is 6.33 Å². The third-order valence-corrected chi connectivity index (χ3v) is 2.67. The molecule has 1 heterocycles. The number of aromatic nitrogens is 2. The summed E-state index contributed by atoms with van der Waals surface area (Å²) in [6.07, 6.45) is 4.12. The standard InChI is InChI=1S/C14H14N2O2/c1-18-12-5-2-11(3-6-12)4-7-14(17)13-8-9-15-10-16-13/h2-3,5-6,8-10H,4,7H2,1H3. The van der Waals surface area contributed by atoms with Crippen molar-refractivity contribution in [3.63, 3.8) is 0 Å². The molecule has 2 aromatic rings. The third-order valence-electron chi connectivity index (χ3n) is 2.67. The first-order valence-corrected chi connectivity index (χ1v) is 5.72. The molecule has 0 aliphatic heterocycles. The Kier molecular flexibility index (Phi) is 4.02. The summed E-state index contributed by atoms with van der Waals surface area (Å²) in [5.41, 5.74) is 1.58. The van der Waals surface area contributed by atoms with E-state index < -0.39 is 0 Å². The average molecular weight is 242 g/mol. The number of carbonyl (C=O) groups excluding carboxylic acids is 1. The number of carbonyl (C=O) groups is 1. The van der Waals surface area contributed by atoms with E-state index in [1.807, 2.05) is 24.3 Å². The molecule has 4 nitrogen and oxygen atoms in total. The largest absolute Gasteiger partial charge is 0.497 e. The fraction of sp³-hybridized carbons (Fsp3) is 0.214. The van der Waals surface area contributed by atoms with Crippen molar-refractivity contribution in [3.05, 3.63) is 54.1 Å². The van der Waals surface area contributed by atoms with Gasteiger partial charge in [-0.2, -0.15) is 0 Å². The fourth-order valence-corrected chi connectivity index (χ4v) is 1.63. The maximum absolute atomic E-state index is 11.8. The molecule has 0 unspecified atom stereocenters. The van der Waals surface area contributed by atoms with Gasteiger partial charge in [-0.3, -0.25) is 4.79 Å². The molecule has 0 spiro atoms. The summed E-state index contributed by atoms with van der Waals surface area (Å²) >= 11 is 0. The van der Waals surface area contributed by atoms with Crippen molar-refractivity contribution in [1.82, 2.24) is 9.97 Å². The summed E-state index contributed by atoms with van der Waals surface area (Å²) in [6, 6.07) is 9.35. The van der Waals surface area contributed by atoms with Gasteiger partial charge in [0.1, 0.15) is 17.8 Å². The Morgan fingerprint density at radius 2 is 2.00 bits per heavy atom. The first kappa shape index (κ1) is 12.2. The van der Waals surface area contributed by atoms with Crippen LogP contribution in [0.5, 0.6) is 5.75 Å². The van der Waals surface area contributed by atoms with Gasteiger partial charge in [0, 0.05) is 12.6 Å². The predicted octanol–water partition coefficient (Wildman–Crippen LogP) is 2.30. The van der Waals surface area contributed by atoms with Crippen LogP contribution in [0, 0.1) is 0 Å². The zero-order valence-electron chi connectivity index (χ0n) is 10.2. The second-order valence-corrected chi connectivity index (χ2v) is 3.87. The number of methoxy groups -OCH3 is 1. The molecule has 0 aliphatic rings. The lowest BCUT2D eigenvalue weighted by molar-refractivity contribution is 0.0978. The van der Waals surface area contributed by atoms with Gasteiger partial charge in [-0.15, -0.1) is 0 Å². The fourth-order valence-electron chi connectivity index (χ4n) is 1.63. The zero-order chi connectivity index (χ0) is 12.8. The van der Waals surface area contributed by atoms with Gasteiger partial charge in [-0.05, 0) is 30.2 Å². The van der Waals surface area contributed by atoms with Crippen LogP contribution in [0.2, 0.25) is 0 Å². The highest BCUT2D eigenvalue weighted by molar-refractivity contribution is 5.94. The minimum absolute atomic E-state index is 0.0354. The van der Waals surface area contributed by atoms with Gasteiger partial charge >= 0.3 is 0 Å². The van der Waals surface area contributed by atoms with Crippen molar-refractivity contribution in [3.8, 4) is 5.75 Å². The third kappa shape index (κ3) is 3.13. The van der Waals surface area contributed by atoms with Crippen molar-refractivity contribution >= 4 is 5.78 Å². The topological polar surface area (TPSA) is 52.1 Å². The molecule has 4 heteroatoms. The van der Waals surface area contributed by atoms with Crippen LogP contribution in [0.15, 0.2) is 42.9 Å². The molecule has 0 saturated carbocycles. The van der Waals surface area contributed by atoms with Crippen molar-refractivity contribution in [2.24, 2.45) is 0 Å². The SMILES string of the molecule is COc1ccc(CCC(=O)c2ccncn2)cc1. The number of benzene rings is 1. The van der Waals surface area contributed by atoms with Crippen LogP contribution in [-0.4, -0.2) is 22.9 Å². The molecule has 0 bridgehead atoms. The highest BCUT2D eigenvalue weighted by Gasteiger charge is 2.06. The molecule has 0 N–H and O–H groups in total. The van der Waals surface area contributed by atoms with E-state index in [9.17, 15) is 4.79 Å². The van der Waals surface area contributed by atoms with Gasteiger partial charge in [0.2, 0.25) is 0 Å². The van der Waals surface area contributed by atoms with Crippen LogP contribution in [-0.2, 0) is 6.42 Å². The molecule has 18 heavy (non-hydrogen) atoms. The summed E-state index contributed by atoms with van der Waals surface area (Å²) in [6.45, 7) is 0. The van der Waals surface area contributed by atoms with Crippen LogP contribution in [0.4, 0.5) is 0 Å². The maximum atomic E-state index is 11.8. The second-order valence-electron chi connectivity index (χ2n) is 3.87. The van der Waals surface area contributed by atoms with Crippen molar-refractivity contribution in [2.45, 2.75) is 12.8 Å². The highest BCUT2D eigenvalue weighted by atomic mass is 16.5. The quantitative estimate of drug-likeness (QED) is 0.755. The Balaban J connectivity index is 1.93. The first-order valence-electron chi connectivity index (χ1n) is 5.72. The van der Waals surface area contributed by atoms with E-state index in [-0.39, 0.29) is 5.78 Å². The van der Waals surface area contributed by atoms with Crippen LogP contribution >= 0.6 is 0 Å². The van der Waals surface area contributed by atoms with E-state index in [0.717, 1.165) is 11.3 Å². The number of hydrogen-bond acceptors (Lipinski definition) is 4. The Hall–Kier alpha value is -2.23. The lowest BCUT2D eigenvalue weighted by atomic mass is 10.1. The Morgan fingerprint density at radius 1 is 1.22 bits per heavy atom. The number of rotatable bonds is 5. The van der Waals surface area contributed by atoms with Crippen LogP contribution in [0.25, 0.3) is 0 Å². The summed E-state index contributed by atoms with van der Waals surface area (Å²) in [4.78, 5) is 19.6. The molecule has 0 radical (unpaired) electrons. The molecular formula is C14H14N2O2. The summed E-state index contributed by atoms with van der Waals surface area (Å²) in [5, 5.41) is 0. The summed E-state index contributed by atoms with van der Waals surface area (Å²) in [5.74, 6) is 0.856. The van der Waals surface area contributed by atoms with Gasteiger partial charge in [0.05, 0.1) is 7.11 Å². The van der Waals surface area contributed by atoms with Gasteiger partial charge < -0.3 is 4.74 Å². The molecule has 2 rings (SSSR count). The van der Waals surface area contributed by atoms with Crippen LogP contribution in [0.3, 0.4) is 0 Å². The second kappa shape index (κ2) is 5.91. The number of Topliss-reactive ketones (excluding diaryl/α,β-unsaturated/α-hetero) is 1. The molecule has 92 valence electrons. The van der Waals surface area contributed by atoms with Crippen molar-refractivity contribution < 1.29 is 9.53 Å². The molecule has 0 fully saturated rings. The summed E-state index contributed by atoms with van der Waals surface area (Å²) < 4.78 is 5.08. The van der Waals surface area contributed by atoms with Gasteiger partial charge in [-0.25, -0.2) is 9.97 Å². The van der Waals surface area contributed by atoms with E-state index in [1.54, 1.807) is 19.4 Å². The number of ketones is 1. The van der Waals surface area contributed by atoms with Gasteiger partial charge in [0.15, 0.2) is 5.78 Å². The lowest BCUT2D eigenvalue weighted by Gasteiger charge is -2.03. The number of ether oxygens (including phenoxy) is 1. The Labute approximate surface area is 106 Å². The lowest BCUT2D eigenvalue weighted by Crippen LogP contribution is -2.03. The van der Waals surface area contributed by atoms with Gasteiger partial charge in [0.25, 0.3) is 0 Å². The molecule has 0 atom stereocenters. The molecule has 1 aromatic heterocycles. The van der Waals surface area contributed by atoms with Crippen LogP contribution < -0.4 is 4.74 Å². The number of aryl methyl sites for hydroxylation is 1. The van der Waals surface area contributed by atoms with E-state index in [4.69, 9.17) is 4.74 Å². The monoisotopic (exact) mass is 242 g/mol. The molecule has 1 aromatic carbocycles. The van der Waals surface area contributed by atoms with E-state index in [0.29, 0.717) is 18.5 Å². The normalized spacial score (nSPS) is 10.1. The number of nitrogens with zero attached hydrogens (tertiary/aromatic N) is 2. The Morgan fingerprint density at radius 3 is 2.61 bits per heavy atom. The summed E-state index contributed by atoms with van der Waals surface area (Å²) in [7, 11) is 1.63. The molecule has 0 saturated heterocycles. The van der Waals surface area contributed by atoms with E-state index >= 15 is 0 Å². The molecule has 0 aliphatic carbocycles. The van der Waals surface area contributed by atoms with E-state index in [2.05, 4.69) is 9.97 Å². The average Bonchev–Trinajstić information content (AvgIpc) is 2.46. The smallest absolute Gasteiger partial charge is 0.181 e. The Bertz CT molecular complexity index is 509. The zero-order valence-corrected chi connectivity index (χ0v) is 10.2. The van der Waals surface area contributed by atoms with Crippen LogP contribution in [0.1, 0.15) is 22.5 Å². The highest BCUT2D eigenvalue weighted by Crippen LogP contribution is 2.13.